The minimum atomic E-state index is 0. The number of amides is 1. The number of carbonyl (C=O) groups excluding carboxylic acids is 1. The number of aliphatic imine (C=N–C) groups is 1. The molecule has 0 atom stereocenters. The molecule has 0 bridgehead atoms. The number of rotatable bonds is 7. The molecule has 0 spiro atoms. The Morgan fingerprint density at radius 2 is 1.71 bits per heavy atom. The van der Waals surface area contributed by atoms with Crippen molar-refractivity contribution in [2.75, 3.05) is 33.7 Å². The lowest BCUT2D eigenvalue weighted by atomic mass is 10.1. The predicted octanol–water partition coefficient (Wildman–Crippen LogP) is 3.33. The highest BCUT2D eigenvalue weighted by atomic mass is 127. The van der Waals surface area contributed by atoms with Gasteiger partial charge in [0.15, 0.2) is 5.96 Å². The molecule has 1 amide bonds. The van der Waals surface area contributed by atoms with Crippen molar-refractivity contribution in [2.45, 2.75) is 35.2 Å². The fourth-order valence-corrected chi connectivity index (χ4v) is 4.23. The number of nitrogens with zero attached hydrogens (tertiary/aromatic N) is 2. The fraction of sp³-hybridized carbons (Fsp3) is 0.391. The van der Waals surface area contributed by atoms with Crippen LogP contribution in [0, 0.1) is 0 Å². The maximum absolute atomic E-state index is 11.5. The van der Waals surface area contributed by atoms with E-state index in [9.17, 15) is 4.79 Å². The molecule has 6 nitrogen and oxygen atoms in total. The zero-order valence-corrected chi connectivity index (χ0v) is 21.3. The first-order chi connectivity index (χ1) is 14.7. The van der Waals surface area contributed by atoms with Crippen LogP contribution in [0.5, 0.6) is 0 Å². The van der Waals surface area contributed by atoms with Crippen molar-refractivity contribution >= 4 is 47.6 Å². The molecule has 1 heterocycles. The Bertz CT molecular complexity index is 824. The standard InChI is InChI=1S/C23H31N5OS.HI/c1-24-22(29)17-28-14-12-19(13-15-28)27-23(25-2)26-16-18-8-10-21(11-9-18)30-20-6-4-3-5-7-20;/h3-11,19H,12-17H2,1-2H3,(H,24,29)(H2,25,26,27);1H. The summed E-state index contributed by atoms with van der Waals surface area (Å²) >= 11 is 1.77. The molecule has 31 heavy (non-hydrogen) atoms. The minimum absolute atomic E-state index is 0. The topological polar surface area (TPSA) is 68.8 Å². The summed E-state index contributed by atoms with van der Waals surface area (Å²) in [5.74, 6) is 0.898. The minimum Gasteiger partial charge on any atom is -0.358 e. The summed E-state index contributed by atoms with van der Waals surface area (Å²) in [5, 5.41) is 9.61. The zero-order chi connectivity index (χ0) is 21.2. The Hall–Kier alpha value is -1.78. The number of likely N-dealkylation sites (N-methyl/N-ethyl adjacent to an activating group) is 1. The van der Waals surface area contributed by atoms with Gasteiger partial charge in [-0.2, -0.15) is 0 Å². The SMILES string of the molecule is CN=C(NCc1ccc(Sc2ccccc2)cc1)NC1CCN(CC(=O)NC)CC1.I. The maximum Gasteiger partial charge on any atom is 0.233 e. The van der Waals surface area contributed by atoms with Crippen LogP contribution in [-0.4, -0.2) is 56.5 Å². The molecule has 3 N–H and O–H groups in total. The van der Waals surface area contributed by atoms with Gasteiger partial charge in [-0.25, -0.2) is 0 Å². The monoisotopic (exact) mass is 553 g/mol. The summed E-state index contributed by atoms with van der Waals surface area (Å²) in [6, 6.07) is 19.4. The van der Waals surface area contributed by atoms with E-state index in [2.05, 4.69) is 74.4 Å². The largest absolute Gasteiger partial charge is 0.358 e. The second-order valence-electron chi connectivity index (χ2n) is 7.35. The van der Waals surface area contributed by atoms with Crippen LogP contribution in [0.25, 0.3) is 0 Å². The molecular formula is C23H32IN5OS. The summed E-state index contributed by atoms with van der Waals surface area (Å²) < 4.78 is 0. The number of halogens is 1. The molecular weight excluding hydrogens is 521 g/mol. The van der Waals surface area contributed by atoms with Crippen LogP contribution in [0.3, 0.4) is 0 Å². The van der Waals surface area contributed by atoms with Gasteiger partial charge < -0.3 is 16.0 Å². The number of carbonyl (C=O) groups is 1. The molecule has 2 aromatic carbocycles. The smallest absolute Gasteiger partial charge is 0.233 e. The van der Waals surface area contributed by atoms with Gasteiger partial charge in [0.05, 0.1) is 6.54 Å². The van der Waals surface area contributed by atoms with Crippen molar-refractivity contribution in [3.8, 4) is 0 Å². The number of benzene rings is 2. The van der Waals surface area contributed by atoms with Gasteiger partial charge in [-0.05, 0) is 42.7 Å². The van der Waals surface area contributed by atoms with Gasteiger partial charge >= 0.3 is 0 Å². The molecule has 1 fully saturated rings. The van der Waals surface area contributed by atoms with Crippen LogP contribution >= 0.6 is 35.7 Å². The van der Waals surface area contributed by atoms with Crippen LogP contribution < -0.4 is 16.0 Å². The Kier molecular flexibility index (Phi) is 11.2. The van der Waals surface area contributed by atoms with E-state index in [1.807, 2.05) is 6.07 Å². The first kappa shape index (κ1) is 25.5. The van der Waals surface area contributed by atoms with E-state index >= 15 is 0 Å². The van der Waals surface area contributed by atoms with Crippen LogP contribution in [0.15, 0.2) is 69.4 Å². The van der Waals surface area contributed by atoms with E-state index in [4.69, 9.17) is 0 Å². The summed E-state index contributed by atoms with van der Waals surface area (Å²) in [4.78, 5) is 20.6. The number of hydrogen-bond donors (Lipinski definition) is 3. The quantitative estimate of drug-likeness (QED) is 0.279. The molecule has 0 radical (unpaired) electrons. The van der Waals surface area contributed by atoms with Gasteiger partial charge in [-0.3, -0.25) is 14.7 Å². The van der Waals surface area contributed by atoms with E-state index < -0.39 is 0 Å². The first-order valence-corrected chi connectivity index (χ1v) is 11.2. The van der Waals surface area contributed by atoms with Gasteiger partial charge in [0, 0.05) is 49.6 Å². The molecule has 1 aliphatic heterocycles. The lowest BCUT2D eigenvalue weighted by Crippen LogP contribution is -2.49. The molecule has 1 aliphatic rings. The highest BCUT2D eigenvalue weighted by molar-refractivity contribution is 14.0. The lowest BCUT2D eigenvalue weighted by molar-refractivity contribution is -0.122. The summed E-state index contributed by atoms with van der Waals surface area (Å²) in [5.41, 5.74) is 1.22. The third-order valence-corrected chi connectivity index (χ3v) is 6.18. The van der Waals surface area contributed by atoms with Gasteiger partial charge in [0.2, 0.25) is 5.91 Å². The van der Waals surface area contributed by atoms with Gasteiger partial charge in [0.1, 0.15) is 0 Å². The molecule has 3 rings (SSSR count). The molecule has 1 saturated heterocycles. The normalized spacial score (nSPS) is 15.1. The summed E-state index contributed by atoms with van der Waals surface area (Å²) in [6.45, 7) is 3.05. The average Bonchev–Trinajstić information content (AvgIpc) is 2.79. The summed E-state index contributed by atoms with van der Waals surface area (Å²) in [7, 11) is 3.48. The Morgan fingerprint density at radius 3 is 2.32 bits per heavy atom. The van der Waals surface area contributed by atoms with Gasteiger partial charge in [0.25, 0.3) is 0 Å². The molecule has 2 aromatic rings. The number of guanidine groups is 1. The molecule has 0 saturated carbocycles. The number of hydrogen-bond acceptors (Lipinski definition) is 4. The Labute approximate surface area is 206 Å². The first-order valence-electron chi connectivity index (χ1n) is 10.4. The Morgan fingerprint density at radius 1 is 1.06 bits per heavy atom. The average molecular weight is 554 g/mol. The zero-order valence-electron chi connectivity index (χ0n) is 18.1. The third kappa shape index (κ3) is 8.70. The van der Waals surface area contributed by atoms with E-state index in [0.29, 0.717) is 12.6 Å². The van der Waals surface area contributed by atoms with Crippen molar-refractivity contribution in [3.63, 3.8) is 0 Å². The summed E-state index contributed by atoms with van der Waals surface area (Å²) in [6.07, 6.45) is 2.01. The molecule has 8 heteroatoms. The highest BCUT2D eigenvalue weighted by Gasteiger charge is 2.21. The molecule has 0 aromatic heterocycles. The lowest BCUT2D eigenvalue weighted by Gasteiger charge is -2.32. The van der Waals surface area contributed by atoms with Crippen LogP contribution in [-0.2, 0) is 11.3 Å². The van der Waals surface area contributed by atoms with E-state index in [1.54, 1.807) is 25.9 Å². The number of likely N-dealkylation sites (tertiary alicyclic amines) is 1. The van der Waals surface area contributed by atoms with E-state index in [-0.39, 0.29) is 29.9 Å². The maximum atomic E-state index is 11.5. The second-order valence-corrected chi connectivity index (χ2v) is 8.50. The van der Waals surface area contributed by atoms with Crippen molar-refractivity contribution in [1.82, 2.24) is 20.9 Å². The van der Waals surface area contributed by atoms with Crippen molar-refractivity contribution in [2.24, 2.45) is 4.99 Å². The van der Waals surface area contributed by atoms with Gasteiger partial charge in [-0.15, -0.1) is 24.0 Å². The number of piperidine rings is 1. The van der Waals surface area contributed by atoms with Crippen LogP contribution in [0.2, 0.25) is 0 Å². The third-order valence-electron chi connectivity index (χ3n) is 5.16. The highest BCUT2D eigenvalue weighted by Crippen LogP contribution is 2.27. The van der Waals surface area contributed by atoms with Gasteiger partial charge in [-0.1, -0.05) is 42.1 Å². The van der Waals surface area contributed by atoms with Crippen LogP contribution in [0.1, 0.15) is 18.4 Å². The number of nitrogens with one attached hydrogen (secondary N) is 3. The fourth-order valence-electron chi connectivity index (χ4n) is 3.39. The van der Waals surface area contributed by atoms with E-state index in [0.717, 1.165) is 38.4 Å². The molecule has 0 aliphatic carbocycles. The molecule has 0 unspecified atom stereocenters. The second kappa shape index (κ2) is 13.6. The van der Waals surface area contributed by atoms with Crippen LogP contribution in [0.4, 0.5) is 0 Å². The van der Waals surface area contributed by atoms with E-state index in [1.165, 1.54) is 15.4 Å². The molecule has 168 valence electrons. The van der Waals surface area contributed by atoms with Crippen molar-refractivity contribution in [1.29, 1.82) is 0 Å². The predicted molar refractivity (Wildman–Crippen MR) is 139 cm³/mol. The van der Waals surface area contributed by atoms with Crippen molar-refractivity contribution < 1.29 is 4.79 Å². The Balaban J connectivity index is 0.00000341. The van der Waals surface area contributed by atoms with Crippen molar-refractivity contribution in [3.05, 3.63) is 60.2 Å².